The first-order valence-corrected chi connectivity index (χ1v) is 13.4. The number of carboxylic acid groups (broad SMARTS) is 1. The molecule has 0 spiro atoms. The van der Waals surface area contributed by atoms with Crippen molar-refractivity contribution in [2.45, 2.75) is 137 Å². The van der Waals surface area contributed by atoms with E-state index in [2.05, 4.69) is 48.8 Å². The zero-order chi connectivity index (χ0) is 24.2. The minimum atomic E-state index is -0.943. The summed E-state index contributed by atoms with van der Waals surface area (Å²) in [6.45, 7) is 11.9. The predicted octanol–water partition coefficient (Wildman–Crippen LogP) is 7.37. The molecule has 0 aromatic rings. The van der Waals surface area contributed by atoms with E-state index in [-0.39, 0.29) is 17.8 Å². The summed E-state index contributed by atoms with van der Waals surface area (Å²) in [4.78, 5) is 10.2. The summed E-state index contributed by atoms with van der Waals surface area (Å²) in [7, 11) is 6.88. The van der Waals surface area contributed by atoms with Gasteiger partial charge in [0.25, 0.3) is 0 Å². The summed E-state index contributed by atoms with van der Waals surface area (Å²) >= 11 is 0. The Morgan fingerprint density at radius 3 is 1.39 bits per heavy atom. The molecule has 0 radical (unpaired) electrons. The van der Waals surface area contributed by atoms with Crippen LogP contribution in [0.25, 0.3) is 0 Å². The van der Waals surface area contributed by atoms with Gasteiger partial charge in [0.05, 0.1) is 27.7 Å². The fourth-order valence-corrected chi connectivity index (χ4v) is 4.18. The second-order valence-electron chi connectivity index (χ2n) is 12.1. The lowest BCUT2D eigenvalue weighted by Crippen LogP contribution is -2.35. The van der Waals surface area contributed by atoms with Gasteiger partial charge >= 0.3 is 0 Å². The molecule has 31 heavy (non-hydrogen) atoms. The van der Waals surface area contributed by atoms with Crippen LogP contribution in [0.1, 0.15) is 137 Å². The van der Waals surface area contributed by atoms with Gasteiger partial charge in [-0.2, -0.15) is 0 Å². The minimum Gasteiger partial charge on any atom is -0.550 e. The van der Waals surface area contributed by atoms with Crippen LogP contribution in [0.15, 0.2) is 0 Å². The quantitative estimate of drug-likeness (QED) is 0.164. The van der Waals surface area contributed by atoms with E-state index in [1.807, 2.05) is 6.92 Å². The summed E-state index contributed by atoms with van der Waals surface area (Å²) in [5, 5.41) is 10.2. The van der Waals surface area contributed by atoms with Crippen LogP contribution in [0.3, 0.4) is 0 Å². The van der Waals surface area contributed by atoms with E-state index in [0.29, 0.717) is 0 Å². The molecule has 0 N–H and O–H groups in total. The molecule has 0 aliphatic rings. The summed E-state index contributed by atoms with van der Waals surface area (Å²) in [5.41, 5.74) is 0.217. The average molecular weight is 442 g/mol. The summed E-state index contributed by atoms with van der Waals surface area (Å²) < 4.78 is 1.12. The molecule has 0 fully saturated rings. The molecular formula is C28H59NO2. The van der Waals surface area contributed by atoms with Crippen LogP contribution in [0.5, 0.6) is 0 Å². The number of nitrogens with zero attached hydrogens (tertiary/aromatic N) is 1. The third-order valence-corrected chi connectivity index (χ3v) is 5.66. The van der Waals surface area contributed by atoms with Crippen molar-refractivity contribution < 1.29 is 14.4 Å². The van der Waals surface area contributed by atoms with Crippen LogP contribution < -0.4 is 5.11 Å². The lowest BCUT2D eigenvalue weighted by molar-refractivity contribution is -0.870. The van der Waals surface area contributed by atoms with Crippen LogP contribution in [0.2, 0.25) is 0 Å². The Kier molecular flexibility index (Phi) is 21.1. The second-order valence-corrected chi connectivity index (χ2v) is 12.1. The molecule has 3 heteroatoms. The van der Waals surface area contributed by atoms with E-state index in [1.54, 1.807) is 0 Å². The number of aliphatic carboxylic acids is 1. The first kappa shape index (κ1) is 32.6. The molecule has 1 atom stereocenters. The molecule has 0 aliphatic carbocycles. The van der Waals surface area contributed by atoms with Crippen LogP contribution in [-0.4, -0.2) is 38.1 Å². The van der Waals surface area contributed by atoms with E-state index in [4.69, 9.17) is 0 Å². The van der Waals surface area contributed by atoms with Crippen LogP contribution >= 0.6 is 0 Å². The number of hydrogen-bond donors (Lipinski definition) is 0. The highest BCUT2D eigenvalue weighted by Gasteiger charge is 2.14. The Morgan fingerprint density at radius 1 is 0.742 bits per heavy atom. The number of rotatable bonds is 18. The first-order chi connectivity index (χ1) is 14.4. The van der Waals surface area contributed by atoms with Gasteiger partial charge in [0.1, 0.15) is 0 Å². The topological polar surface area (TPSA) is 40.1 Å². The van der Waals surface area contributed by atoms with E-state index in [1.165, 1.54) is 96.4 Å². The molecule has 0 rings (SSSR count). The molecular weight excluding hydrogens is 382 g/mol. The van der Waals surface area contributed by atoms with Crippen LogP contribution in [0.4, 0.5) is 0 Å². The van der Waals surface area contributed by atoms with Gasteiger partial charge in [-0.15, -0.1) is 0 Å². The van der Waals surface area contributed by atoms with Gasteiger partial charge in [-0.1, -0.05) is 112 Å². The van der Waals surface area contributed by atoms with Gasteiger partial charge in [0.2, 0.25) is 0 Å². The van der Waals surface area contributed by atoms with Gasteiger partial charge in [0.15, 0.2) is 0 Å². The molecule has 0 bridgehead atoms. The van der Waals surface area contributed by atoms with E-state index in [0.717, 1.165) is 10.9 Å². The molecule has 0 saturated carbocycles. The van der Waals surface area contributed by atoms with E-state index >= 15 is 0 Å². The third-order valence-electron chi connectivity index (χ3n) is 5.66. The van der Waals surface area contributed by atoms with Crippen LogP contribution in [-0.2, 0) is 4.79 Å². The largest absolute Gasteiger partial charge is 0.550 e. The first-order valence-electron chi connectivity index (χ1n) is 13.4. The van der Waals surface area contributed by atoms with Crippen molar-refractivity contribution in [2.24, 2.45) is 11.3 Å². The molecule has 0 heterocycles. The Morgan fingerprint density at radius 2 is 1.10 bits per heavy atom. The number of unbranched alkanes of at least 4 members (excludes halogenated alkanes) is 13. The maximum absolute atomic E-state index is 10.2. The SMILES string of the molecule is CC(CC(=O)[O-])CC(C)(C)C.CCCCCCCCCCCCCCCC[N+](C)(C)C. The zero-order valence-corrected chi connectivity index (χ0v) is 22.9. The Labute approximate surface area is 197 Å². The minimum absolute atomic E-state index is 0.178. The maximum Gasteiger partial charge on any atom is 0.0780 e. The summed E-state index contributed by atoms with van der Waals surface area (Å²) in [6, 6.07) is 0. The Bertz CT molecular complexity index is 393. The molecule has 0 amide bonds. The molecule has 3 nitrogen and oxygen atoms in total. The van der Waals surface area contributed by atoms with Crippen LogP contribution in [0, 0.1) is 11.3 Å². The fourth-order valence-electron chi connectivity index (χ4n) is 4.18. The lowest BCUT2D eigenvalue weighted by Gasteiger charge is -2.23. The molecule has 0 aromatic heterocycles. The molecule has 188 valence electrons. The Hall–Kier alpha value is -0.570. The van der Waals surface area contributed by atoms with Crippen molar-refractivity contribution in [2.75, 3.05) is 27.7 Å². The number of carbonyl (C=O) groups is 1. The van der Waals surface area contributed by atoms with Crippen molar-refractivity contribution in [1.29, 1.82) is 0 Å². The monoisotopic (exact) mass is 441 g/mol. The number of carboxylic acids is 1. The standard InChI is InChI=1S/C19H42N.C9H18O2/c1-5-6-7-8-9-10-11-12-13-14-15-16-17-18-19-20(2,3)4;1-7(5-8(10)11)6-9(2,3)4/h5-19H2,1-4H3;7H,5-6H2,1-4H3,(H,10,11)/q+1;/p-1. The maximum atomic E-state index is 10.2. The van der Waals surface area contributed by atoms with Gasteiger partial charge in [-0.3, -0.25) is 0 Å². The summed E-state index contributed by atoms with van der Waals surface area (Å²) in [5.74, 6) is -0.721. The average Bonchev–Trinajstić information content (AvgIpc) is 2.59. The van der Waals surface area contributed by atoms with E-state index < -0.39 is 5.97 Å². The van der Waals surface area contributed by atoms with Crippen molar-refractivity contribution in [3.8, 4) is 0 Å². The zero-order valence-electron chi connectivity index (χ0n) is 22.9. The van der Waals surface area contributed by atoms with E-state index in [9.17, 15) is 9.90 Å². The highest BCUT2D eigenvalue weighted by Crippen LogP contribution is 2.25. The van der Waals surface area contributed by atoms with Crippen molar-refractivity contribution in [3.63, 3.8) is 0 Å². The highest BCUT2D eigenvalue weighted by molar-refractivity contribution is 5.64. The fraction of sp³-hybridized carbons (Fsp3) is 0.964. The number of carbonyl (C=O) groups excluding carboxylic acids is 1. The van der Waals surface area contributed by atoms with Crippen molar-refractivity contribution in [3.05, 3.63) is 0 Å². The molecule has 0 aromatic carbocycles. The molecule has 0 saturated heterocycles. The number of hydrogen-bond acceptors (Lipinski definition) is 2. The van der Waals surface area contributed by atoms with Gasteiger partial charge in [0, 0.05) is 5.97 Å². The third kappa shape index (κ3) is 34.2. The van der Waals surface area contributed by atoms with Gasteiger partial charge in [-0.05, 0) is 37.0 Å². The predicted molar refractivity (Wildman–Crippen MR) is 136 cm³/mol. The molecule has 0 aliphatic heterocycles. The van der Waals surface area contributed by atoms with Gasteiger partial charge < -0.3 is 14.4 Å². The van der Waals surface area contributed by atoms with Crippen molar-refractivity contribution in [1.82, 2.24) is 0 Å². The highest BCUT2D eigenvalue weighted by atomic mass is 16.4. The number of quaternary nitrogens is 1. The second kappa shape index (κ2) is 20.1. The molecule has 1 unspecified atom stereocenters. The van der Waals surface area contributed by atoms with Gasteiger partial charge in [-0.25, -0.2) is 0 Å². The summed E-state index contributed by atoms with van der Waals surface area (Å²) in [6.07, 6.45) is 21.5. The van der Waals surface area contributed by atoms with Crippen molar-refractivity contribution >= 4 is 5.97 Å². The lowest BCUT2D eigenvalue weighted by atomic mass is 9.84. The normalized spacial score (nSPS) is 12.9. The smallest absolute Gasteiger partial charge is 0.0780 e. The Balaban J connectivity index is 0.